The summed E-state index contributed by atoms with van der Waals surface area (Å²) in [5, 5.41) is 3.08. The van der Waals surface area contributed by atoms with Gasteiger partial charge in [0.25, 0.3) is 0 Å². The van der Waals surface area contributed by atoms with E-state index < -0.39 is 0 Å². The highest BCUT2D eigenvalue weighted by Gasteiger charge is 2.27. The summed E-state index contributed by atoms with van der Waals surface area (Å²) in [6, 6.07) is 18.5. The third-order valence-corrected chi connectivity index (χ3v) is 6.61. The predicted molar refractivity (Wildman–Crippen MR) is 126 cm³/mol. The van der Waals surface area contributed by atoms with Crippen molar-refractivity contribution in [3.05, 3.63) is 88.4 Å². The van der Waals surface area contributed by atoms with Crippen LogP contribution in [0.3, 0.4) is 0 Å². The molecule has 6 heteroatoms. The summed E-state index contributed by atoms with van der Waals surface area (Å²) in [6.07, 6.45) is 7.62. The highest BCUT2D eigenvalue weighted by Crippen LogP contribution is 2.27. The quantitative estimate of drug-likeness (QED) is 0.410. The van der Waals surface area contributed by atoms with E-state index in [1.807, 2.05) is 41.4 Å². The Kier molecular flexibility index (Phi) is 7.07. The monoisotopic (exact) mass is 483 g/mol. The van der Waals surface area contributed by atoms with Gasteiger partial charge in [-0.3, -0.25) is 0 Å². The van der Waals surface area contributed by atoms with Gasteiger partial charge in [0.2, 0.25) is 0 Å². The maximum Gasteiger partial charge on any atom is 0.322 e. The van der Waals surface area contributed by atoms with E-state index in [0.29, 0.717) is 13.1 Å². The van der Waals surface area contributed by atoms with Crippen molar-refractivity contribution in [2.24, 2.45) is 0 Å². The average Bonchev–Trinajstić information content (AvgIpc) is 3.22. The van der Waals surface area contributed by atoms with E-state index in [1.54, 1.807) is 12.1 Å². The summed E-state index contributed by atoms with van der Waals surface area (Å²) >= 11 is 3.52. The standard InChI is InChI=1S/C25H27BrFN3O/c26-23-10-4-5-11-24(23)28-25(31)30(21-7-2-1-3-8-21)18-22-9-6-16-29(22)17-19-12-14-20(27)15-13-19/h4-6,9-16,21H,1-3,7-8,17-18H2,(H,28,31). The number of amides is 2. The van der Waals surface area contributed by atoms with Crippen molar-refractivity contribution in [3.8, 4) is 0 Å². The molecule has 0 unspecified atom stereocenters. The molecule has 0 atom stereocenters. The molecule has 1 aliphatic carbocycles. The largest absolute Gasteiger partial charge is 0.345 e. The van der Waals surface area contributed by atoms with E-state index in [9.17, 15) is 9.18 Å². The number of benzene rings is 2. The highest BCUT2D eigenvalue weighted by molar-refractivity contribution is 9.10. The smallest absolute Gasteiger partial charge is 0.322 e. The lowest BCUT2D eigenvalue weighted by atomic mass is 9.94. The Labute approximate surface area is 191 Å². The fourth-order valence-electron chi connectivity index (χ4n) is 4.22. The van der Waals surface area contributed by atoms with Gasteiger partial charge < -0.3 is 14.8 Å². The molecule has 0 aliphatic heterocycles. The molecule has 0 radical (unpaired) electrons. The second kappa shape index (κ2) is 10.1. The summed E-state index contributed by atoms with van der Waals surface area (Å²) in [4.78, 5) is 15.3. The van der Waals surface area contributed by atoms with Crippen molar-refractivity contribution in [2.45, 2.75) is 51.2 Å². The fraction of sp³-hybridized carbons (Fsp3) is 0.320. The van der Waals surface area contributed by atoms with Crippen LogP contribution in [0.4, 0.5) is 14.9 Å². The molecule has 1 heterocycles. The van der Waals surface area contributed by atoms with Gasteiger partial charge in [-0.05, 0) is 70.7 Å². The molecule has 1 N–H and O–H groups in total. The molecule has 1 saturated carbocycles. The second-order valence-electron chi connectivity index (χ2n) is 8.08. The Balaban J connectivity index is 1.54. The Bertz CT molecular complexity index is 1010. The van der Waals surface area contributed by atoms with Crippen molar-refractivity contribution in [1.82, 2.24) is 9.47 Å². The number of aromatic nitrogens is 1. The number of carbonyl (C=O) groups excluding carboxylic acids is 1. The third-order valence-electron chi connectivity index (χ3n) is 5.91. The van der Waals surface area contributed by atoms with Gasteiger partial charge in [-0.25, -0.2) is 9.18 Å². The van der Waals surface area contributed by atoms with Crippen LogP contribution in [0, 0.1) is 5.82 Å². The first-order chi connectivity index (χ1) is 15.1. The molecule has 2 aromatic carbocycles. The van der Waals surface area contributed by atoms with Gasteiger partial charge in [0.15, 0.2) is 0 Å². The minimum atomic E-state index is -0.233. The molecule has 0 saturated heterocycles. The lowest BCUT2D eigenvalue weighted by Crippen LogP contribution is -2.43. The molecule has 2 amide bonds. The Morgan fingerprint density at radius 2 is 1.77 bits per heavy atom. The summed E-state index contributed by atoms with van der Waals surface area (Å²) in [6.45, 7) is 1.18. The Morgan fingerprint density at radius 3 is 2.52 bits per heavy atom. The van der Waals surface area contributed by atoms with E-state index in [0.717, 1.165) is 47.1 Å². The zero-order chi connectivity index (χ0) is 21.6. The van der Waals surface area contributed by atoms with Crippen molar-refractivity contribution in [1.29, 1.82) is 0 Å². The predicted octanol–water partition coefficient (Wildman–Crippen LogP) is 6.80. The molecule has 3 aromatic rings. The van der Waals surface area contributed by atoms with Crippen LogP contribution in [0.15, 0.2) is 71.3 Å². The van der Waals surface area contributed by atoms with Gasteiger partial charge in [-0.15, -0.1) is 0 Å². The SMILES string of the molecule is O=C(Nc1ccccc1Br)N(Cc1cccn1Cc1ccc(F)cc1)C1CCCCC1. The summed E-state index contributed by atoms with van der Waals surface area (Å²) in [5.41, 5.74) is 2.87. The van der Waals surface area contributed by atoms with E-state index in [2.05, 4.69) is 31.9 Å². The topological polar surface area (TPSA) is 37.3 Å². The lowest BCUT2D eigenvalue weighted by Gasteiger charge is -2.34. The van der Waals surface area contributed by atoms with Gasteiger partial charge >= 0.3 is 6.03 Å². The number of nitrogens with one attached hydrogen (secondary N) is 1. The minimum Gasteiger partial charge on any atom is -0.345 e. The highest BCUT2D eigenvalue weighted by atomic mass is 79.9. The molecular weight excluding hydrogens is 457 g/mol. The van der Waals surface area contributed by atoms with Gasteiger partial charge in [0, 0.05) is 29.0 Å². The molecule has 0 spiro atoms. The first-order valence-electron chi connectivity index (χ1n) is 10.8. The summed E-state index contributed by atoms with van der Waals surface area (Å²) in [5.74, 6) is -0.233. The van der Waals surface area contributed by atoms with E-state index in [-0.39, 0.29) is 17.9 Å². The average molecular weight is 484 g/mol. The third kappa shape index (κ3) is 5.56. The first-order valence-corrected chi connectivity index (χ1v) is 11.6. The molecule has 4 rings (SSSR count). The van der Waals surface area contributed by atoms with E-state index in [1.165, 1.54) is 18.6 Å². The number of urea groups is 1. The second-order valence-corrected chi connectivity index (χ2v) is 8.94. The lowest BCUT2D eigenvalue weighted by molar-refractivity contribution is 0.161. The number of anilines is 1. The summed E-state index contributed by atoms with van der Waals surface area (Å²) in [7, 11) is 0. The van der Waals surface area contributed by atoms with Crippen LogP contribution in [-0.4, -0.2) is 21.5 Å². The molecule has 1 aromatic heterocycles. The normalized spacial score (nSPS) is 14.4. The molecule has 1 aliphatic rings. The van der Waals surface area contributed by atoms with Crippen LogP contribution in [0.2, 0.25) is 0 Å². The Morgan fingerprint density at radius 1 is 1.03 bits per heavy atom. The van der Waals surface area contributed by atoms with Crippen LogP contribution < -0.4 is 5.32 Å². The van der Waals surface area contributed by atoms with Gasteiger partial charge in [0.1, 0.15) is 5.82 Å². The van der Waals surface area contributed by atoms with E-state index in [4.69, 9.17) is 0 Å². The molecule has 0 bridgehead atoms. The minimum absolute atomic E-state index is 0.0756. The molecule has 4 nitrogen and oxygen atoms in total. The number of carbonyl (C=O) groups is 1. The van der Waals surface area contributed by atoms with Gasteiger partial charge in [-0.1, -0.05) is 43.5 Å². The van der Waals surface area contributed by atoms with Crippen LogP contribution in [-0.2, 0) is 13.1 Å². The number of rotatable bonds is 6. The maximum atomic E-state index is 13.3. The number of nitrogens with zero attached hydrogens (tertiary/aromatic N) is 2. The Hall–Kier alpha value is -2.60. The zero-order valence-corrected chi connectivity index (χ0v) is 19.0. The van der Waals surface area contributed by atoms with Gasteiger partial charge in [0.05, 0.1) is 12.2 Å². The van der Waals surface area contributed by atoms with Crippen LogP contribution in [0.25, 0.3) is 0 Å². The van der Waals surface area contributed by atoms with Crippen molar-refractivity contribution >= 4 is 27.6 Å². The first kappa shape index (κ1) is 21.6. The molecule has 31 heavy (non-hydrogen) atoms. The zero-order valence-electron chi connectivity index (χ0n) is 17.4. The molecule has 1 fully saturated rings. The number of para-hydroxylation sites is 1. The van der Waals surface area contributed by atoms with Crippen molar-refractivity contribution in [2.75, 3.05) is 5.32 Å². The number of halogens is 2. The maximum absolute atomic E-state index is 13.3. The van der Waals surface area contributed by atoms with Gasteiger partial charge in [-0.2, -0.15) is 0 Å². The number of hydrogen-bond acceptors (Lipinski definition) is 1. The fourth-order valence-corrected chi connectivity index (χ4v) is 4.60. The molecule has 162 valence electrons. The molecular formula is C25H27BrFN3O. The van der Waals surface area contributed by atoms with Crippen LogP contribution in [0.5, 0.6) is 0 Å². The van der Waals surface area contributed by atoms with Crippen LogP contribution >= 0.6 is 15.9 Å². The van der Waals surface area contributed by atoms with Crippen LogP contribution in [0.1, 0.15) is 43.4 Å². The summed E-state index contributed by atoms with van der Waals surface area (Å²) < 4.78 is 16.3. The van der Waals surface area contributed by atoms with Crippen molar-refractivity contribution in [3.63, 3.8) is 0 Å². The van der Waals surface area contributed by atoms with E-state index >= 15 is 0 Å². The van der Waals surface area contributed by atoms with Crippen molar-refractivity contribution < 1.29 is 9.18 Å². The number of hydrogen-bond donors (Lipinski definition) is 1.